The van der Waals surface area contributed by atoms with E-state index in [1.807, 2.05) is 0 Å². The molecule has 1 amide bonds. The smallest absolute Gasteiger partial charge is 0.408 e. The second kappa shape index (κ2) is 7.95. The highest BCUT2D eigenvalue weighted by Gasteiger charge is 2.24. The summed E-state index contributed by atoms with van der Waals surface area (Å²) in [6, 6.07) is 14.2. The molecule has 3 aromatic rings. The molecule has 0 aliphatic carbocycles. The van der Waals surface area contributed by atoms with Gasteiger partial charge in [0.15, 0.2) is 6.29 Å². The Balaban J connectivity index is 2.05. The lowest BCUT2D eigenvalue weighted by atomic mass is 10.1. The third kappa shape index (κ3) is 4.38. The van der Waals surface area contributed by atoms with E-state index in [2.05, 4.69) is 5.32 Å². The summed E-state index contributed by atoms with van der Waals surface area (Å²) in [5, 5.41) is 3.34. The second-order valence-corrected chi connectivity index (χ2v) is 9.74. The number of hydrogen-bond acceptors (Lipinski definition) is 5. The van der Waals surface area contributed by atoms with Crippen LogP contribution < -0.4 is 5.32 Å². The van der Waals surface area contributed by atoms with Crippen LogP contribution in [-0.4, -0.2) is 30.4 Å². The minimum absolute atomic E-state index is 0.0266. The molecule has 1 N–H and O–H groups in total. The van der Waals surface area contributed by atoms with Gasteiger partial charge in [0, 0.05) is 5.39 Å². The van der Waals surface area contributed by atoms with Gasteiger partial charge in [0.1, 0.15) is 5.60 Å². The van der Waals surface area contributed by atoms with Crippen molar-refractivity contribution in [2.45, 2.75) is 44.2 Å². The molecule has 7 nitrogen and oxygen atoms in total. The van der Waals surface area contributed by atoms with Crippen LogP contribution in [0.4, 0.5) is 4.79 Å². The van der Waals surface area contributed by atoms with E-state index in [1.165, 1.54) is 18.2 Å². The van der Waals surface area contributed by atoms with E-state index in [0.29, 0.717) is 22.8 Å². The first-order valence-corrected chi connectivity index (χ1v) is 10.9. The number of carbonyl (C=O) groups excluding carboxylic acids is 2. The van der Waals surface area contributed by atoms with Crippen molar-refractivity contribution >= 4 is 33.3 Å². The van der Waals surface area contributed by atoms with Gasteiger partial charge in [-0.15, -0.1) is 0 Å². The Morgan fingerprint density at radius 3 is 2.37 bits per heavy atom. The van der Waals surface area contributed by atoms with Gasteiger partial charge < -0.3 is 10.1 Å². The zero-order chi connectivity index (χ0) is 22.1. The van der Waals surface area contributed by atoms with Crippen molar-refractivity contribution in [1.82, 2.24) is 9.29 Å². The number of carbonyl (C=O) groups is 2. The summed E-state index contributed by atoms with van der Waals surface area (Å²) in [5.41, 5.74) is 0.425. The molecule has 1 unspecified atom stereocenters. The summed E-state index contributed by atoms with van der Waals surface area (Å²) in [7, 11) is -3.98. The Hall–Kier alpha value is -3.13. The third-order valence-corrected chi connectivity index (χ3v) is 6.20. The van der Waals surface area contributed by atoms with E-state index in [-0.39, 0.29) is 10.6 Å². The van der Waals surface area contributed by atoms with Crippen LogP contribution in [-0.2, 0) is 14.8 Å². The van der Waals surface area contributed by atoms with Gasteiger partial charge in [-0.05, 0) is 57.5 Å². The van der Waals surface area contributed by atoms with Crippen LogP contribution in [0.2, 0.25) is 0 Å². The average molecular weight is 429 g/mol. The van der Waals surface area contributed by atoms with Crippen molar-refractivity contribution in [3.63, 3.8) is 0 Å². The summed E-state index contributed by atoms with van der Waals surface area (Å²) in [5.74, 6) is 0. The fourth-order valence-electron chi connectivity index (χ4n) is 3.10. The fourth-order valence-corrected chi connectivity index (χ4v) is 4.60. The van der Waals surface area contributed by atoms with Gasteiger partial charge in [0.25, 0.3) is 10.0 Å². The largest absolute Gasteiger partial charge is 0.444 e. The number of fused-ring (bicyclic) bond motifs is 1. The average Bonchev–Trinajstić information content (AvgIpc) is 3.05. The van der Waals surface area contributed by atoms with E-state index < -0.39 is 27.8 Å². The molecular weight excluding hydrogens is 404 g/mol. The van der Waals surface area contributed by atoms with Gasteiger partial charge in [0.05, 0.1) is 22.1 Å². The van der Waals surface area contributed by atoms with Gasteiger partial charge in [-0.2, -0.15) is 0 Å². The third-order valence-electron chi connectivity index (χ3n) is 4.45. The van der Waals surface area contributed by atoms with Crippen LogP contribution >= 0.6 is 0 Å². The molecule has 30 heavy (non-hydrogen) atoms. The summed E-state index contributed by atoms with van der Waals surface area (Å²) in [6.07, 6.45) is -0.0568. The maximum absolute atomic E-state index is 13.2. The number of aromatic nitrogens is 1. The van der Waals surface area contributed by atoms with Crippen LogP contribution in [0, 0.1) is 0 Å². The SMILES string of the molecule is CC(NC(=O)OC(C)(C)C)c1ccc2cc(C=O)n(S(=O)(=O)c3ccccc3)c2c1. The summed E-state index contributed by atoms with van der Waals surface area (Å²) in [6.45, 7) is 7.08. The summed E-state index contributed by atoms with van der Waals surface area (Å²) in [4.78, 5) is 23.8. The number of ether oxygens (including phenoxy) is 1. The zero-order valence-electron chi connectivity index (χ0n) is 17.2. The molecule has 0 saturated heterocycles. The molecule has 0 fully saturated rings. The number of hydrogen-bond donors (Lipinski definition) is 1. The van der Waals surface area contributed by atoms with Crippen LogP contribution in [0.25, 0.3) is 10.9 Å². The molecule has 1 atom stereocenters. The molecule has 1 aromatic heterocycles. The standard InChI is InChI=1S/C22H24N2O5S/c1-15(23-21(26)29-22(2,3)4)16-10-11-17-12-18(14-25)24(20(17)13-16)30(27,28)19-8-6-5-7-9-19/h5-15H,1-4H3,(H,23,26). The maximum atomic E-state index is 13.2. The number of aldehydes is 1. The Morgan fingerprint density at radius 2 is 1.77 bits per heavy atom. The minimum atomic E-state index is -3.98. The number of amides is 1. The normalized spacial score (nSPS) is 13.1. The second-order valence-electron chi connectivity index (χ2n) is 7.96. The van der Waals surface area contributed by atoms with E-state index in [1.54, 1.807) is 64.1 Å². The number of rotatable bonds is 5. The van der Waals surface area contributed by atoms with E-state index >= 15 is 0 Å². The molecule has 3 rings (SSSR count). The van der Waals surface area contributed by atoms with Crippen LogP contribution in [0.1, 0.15) is 49.8 Å². The van der Waals surface area contributed by atoms with Gasteiger partial charge in [-0.25, -0.2) is 17.2 Å². The Bertz CT molecular complexity index is 1190. The number of nitrogens with zero attached hydrogens (tertiary/aromatic N) is 1. The molecule has 158 valence electrons. The molecular formula is C22H24N2O5S. The first kappa shape index (κ1) is 21.6. The molecule has 0 spiro atoms. The molecule has 0 aliphatic heterocycles. The Kier molecular flexibility index (Phi) is 5.72. The lowest BCUT2D eigenvalue weighted by Gasteiger charge is -2.22. The Morgan fingerprint density at radius 1 is 1.10 bits per heavy atom. The van der Waals surface area contributed by atoms with Crippen molar-refractivity contribution in [1.29, 1.82) is 0 Å². The van der Waals surface area contributed by atoms with Crippen molar-refractivity contribution < 1.29 is 22.7 Å². The molecule has 0 bridgehead atoms. The van der Waals surface area contributed by atoms with Gasteiger partial charge >= 0.3 is 6.09 Å². The number of nitrogens with one attached hydrogen (secondary N) is 1. The first-order chi connectivity index (χ1) is 14.0. The van der Waals surface area contributed by atoms with Crippen LogP contribution in [0.5, 0.6) is 0 Å². The van der Waals surface area contributed by atoms with Crippen molar-refractivity contribution in [3.8, 4) is 0 Å². The van der Waals surface area contributed by atoms with E-state index in [4.69, 9.17) is 4.74 Å². The zero-order valence-corrected chi connectivity index (χ0v) is 18.1. The first-order valence-electron chi connectivity index (χ1n) is 9.43. The molecule has 0 aliphatic rings. The molecule has 2 aromatic carbocycles. The predicted octanol–water partition coefficient (Wildman–Crippen LogP) is 4.28. The quantitative estimate of drug-likeness (QED) is 0.612. The number of benzene rings is 2. The van der Waals surface area contributed by atoms with Gasteiger partial charge in [-0.1, -0.05) is 30.3 Å². The van der Waals surface area contributed by atoms with Crippen molar-refractivity contribution in [3.05, 3.63) is 65.9 Å². The molecule has 0 radical (unpaired) electrons. The highest BCUT2D eigenvalue weighted by molar-refractivity contribution is 7.90. The Labute approximate surface area is 175 Å². The topological polar surface area (TPSA) is 94.5 Å². The maximum Gasteiger partial charge on any atom is 0.408 e. The van der Waals surface area contributed by atoms with E-state index in [0.717, 1.165) is 3.97 Å². The minimum Gasteiger partial charge on any atom is -0.444 e. The van der Waals surface area contributed by atoms with Crippen molar-refractivity contribution in [2.24, 2.45) is 0 Å². The van der Waals surface area contributed by atoms with E-state index in [9.17, 15) is 18.0 Å². The van der Waals surface area contributed by atoms with Gasteiger partial charge in [0.2, 0.25) is 0 Å². The van der Waals surface area contributed by atoms with Crippen molar-refractivity contribution in [2.75, 3.05) is 0 Å². The molecule has 8 heteroatoms. The van der Waals surface area contributed by atoms with Crippen LogP contribution in [0.3, 0.4) is 0 Å². The van der Waals surface area contributed by atoms with Gasteiger partial charge in [-0.3, -0.25) is 4.79 Å². The number of alkyl carbamates (subject to hydrolysis) is 1. The highest BCUT2D eigenvalue weighted by Crippen LogP contribution is 2.28. The lowest BCUT2D eigenvalue weighted by Crippen LogP contribution is -2.34. The monoisotopic (exact) mass is 428 g/mol. The molecule has 0 saturated carbocycles. The predicted molar refractivity (Wildman–Crippen MR) is 114 cm³/mol. The van der Waals surface area contributed by atoms with Crippen LogP contribution in [0.15, 0.2) is 59.5 Å². The summed E-state index contributed by atoms with van der Waals surface area (Å²) < 4.78 is 32.8. The lowest BCUT2D eigenvalue weighted by molar-refractivity contribution is 0.0508. The molecule has 1 heterocycles. The summed E-state index contributed by atoms with van der Waals surface area (Å²) >= 11 is 0. The fraction of sp³-hybridized carbons (Fsp3) is 0.273. The highest BCUT2D eigenvalue weighted by atomic mass is 32.2.